The molecular formula is C24H31N3O2. The zero-order valence-corrected chi connectivity index (χ0v) is 17.9. The number of fused-ring (bicyclic) bond motifs is 1. The topological polar surface area (TPSA) is 56.1 Å². The number of carbonyl (C=O) groups excluding carboxylic acids is 1. The molecule has 2 aromatic carbocycles. The van der Waals surface area contributed by atoms with Gasteiger partial charge >= 0.3 is 0 Å². The smallest absolute Gasteiger partial charge is 0.225 e. The van der Waals surface area contributed by atoms with E-state index in [-0.39, 0.29) is 5.91 Å². The number of hydrogen-bond donors (Lipinski definition) is 1. The van der Waals surface area contributed by atoms with E-state index >= 15 is 0 Å². The van der Waals surface area contributed by atoms with Crippen molar-refractivity contribution < 1.29 is 9.53 Å². The molecule has 0 radical (unpaired) electrons. The number of nitrogens with zero attached hydrogens (tertiary/aromatic N) is 2. The summed E-state index contributed by atoms with van der Waals surface area (Å²) in [7, 11) is 0. The molecule has 0 aliphatic carbocycles. The summed E-state index contributed by atoms with van der Waals surface area (Å²) < 4.78 is 8.12. The van der Waals surface area contributed by atoms with Crippen LogP contribution in [0, 0.1) is 12.3 Å². The quantitative estimate of drug-likeness (QED) is 0.556. The largest absolute Gasteiger partial charge is 0.493 e. The van der Waals surface area contributed by atoms with Crippen molar-refractivity contribution >= 4 is 16.9 Å². The third kappa shape index (κ3) is 5.37. The van der Waals surface area contributed by atoms with Gasteiger partial charge in [0.2, 0.25) is 5.91 Å². The van der Waals surface area contributed by atoms with Crippen molar-refractivity contribution in [2.24, 2.45) is 5.41 Å². The molecule has 0 unspecified atom stereocenters. The monoisotopic (exact) mass is 393 g/mol. The van der Waals surface area contributed by atoms with Crippen LogP contribution >= 0.6 is 0 Å². The number of hydrogen-bond acceptors (Lipinski definition) is 3. The minimum absolute atomic E-state index is 0.0303. The number of aromatic nitrogens is 2. The number of benzene rings is 2. The first-order valence-electron chi connectivity index (χ1n) is 10.3. The Morgan fingerprint density at radius 3 is 2.55 bits per heavy atom. The summed E-state index contributed by atoms with van der Waals surface area (Å²) in [6.07, 6.45) is 1.93. The molecule has 5 heteroatoms. The standard InChI is InChI=1S/C24H31N3O2/c1-18-11-5-8-14-21(18)29-16-10-9-15-27-20-13-7-6-12-19(20)26-22(27)17-25-23(28)24(2,3)4/h5-8,11-14H,9-10,15-17H2,1-4H3,(H,25,28). The Morgan fingerprint density at radius 2 is 1.79 bits per heavy atom. The van der Waals surface area contributed by atoms with Gasteiger partial charge in [-0.25, -0.2) is 4.98 Å². The van der Waals surface area contributed by atoms with Gasteiger partial charge in [-0.1, -0.05) is 51.1 Å². The zero-order chi connectivity index (χ0) is 20.9. The SMILES string of the molecule is Cc1ccccc1OCCCCn1c(CNC(=O)C(C)(C)C)nc2ccccc21. The second-order valence-corrected chi connectivity index (χ2v) is 8.42. The highest BCUT2D eigenvalue weighted by Crippen LogP contribution is 2.19. The molecule has 1 amide bonds. The van der Waals surface area contributed by atoms with Gasteiger partial charge in [0.1, 0.15) is 11.6 Å². The first-order valence-corrected chi connectivity index (χ1v) is 10.3. The van der Waals surface area contributed by atoms with E-state index in [1.165, 1.54) is 0 Å². The maximum Gasteiger partial charge on any atom is 0.225 e. The number of rotatable bonds is 8. The van der Waals surface area contributed by atoms with E-state index < -0.39 is 5.41 Å². The predicted molar refractivity (Wildman–Crippen MR) is 117 cm³/mol. The lowest BCUT2D eigenvalue weighted by Crippen LogP contribution is -2.35. The fraction of sp³-hybridized carbons (Fsp3) is 0.417. The highest BCUT2D eigenvalue weighted by Gasteiger charge is 2.21. The van der Waals surface area contributed by atoms with Crippen molar-refractivity contribution in [3.8, 4) is 5.75 Å². The van der Waals surface area contributed by atoms with Crippen molar-refractivity contribution in [2.75, 3.05) is 6.61 Å². The summed E-state index contributed by atoms with van der Waals surface area (Å²) in [5, 5.41) is 3.02. The normalized spacial score (nSPS) is 11.6. The van der Waals surface area contributed by atoms with Crippen molar-refractivity contribution in [2.45, 2.75) is 53.6 Å². The Labute approximate surface area is 173 Å². The van der Waals surface area contributed by atoms with E-state index in [0.29, 0.717) is 13.2 Å². The number of para-hydroxylation sites is 3. The Bertz CT molecular complexity index is 970. The zero-order valence-electron chi connectivity index (χ0n) is 17.9. The molecule has 1 aromatic heterocycles. The number of carbonyl (C=O) groups is 1. The summed E-state index contributed by atoms with van der Waals surface area (Å²) in [6.45, 7) is 9.78. The Kier molecular flexibility index (Phi) is 6.57. The van der Waals surface area contributed by atoms with Gasteiger partial charge in [0.15, 0.2) is 0 Å². The molecule has 0 aliphatic heterocycles. The second kappa shape index (κ2) is 9.12. The first-order chi connectivity index (χ1) is 13.9. The van der Waals surface area contributed by atoms with Gasteiger partial charge in [0, 0.05) is 12.0 Å². The molecule has 0 spiro atoms. The van der Waals surface area contributed by atoms with Crippen LogP contribution in [-0.2, 0) is 17.9 Å². The molecule has 0 atom stereocenters. The molecule has 1 heterocycles. The minimum Gasteiger partial charge on any atom is -0.493 e. The van der Waals surface area contributed by atoms with Gasteiger partial charge in [0.05, 0.1) is 24.2 Å². The van der Waals surface area contributed by atoms with Gasteiger partial charge < -0.3 is 14.6 Å². The summed E-state index contributed by atoms with van der Waals surface area (Å²) in [4.78, 5) is 17.0. The molecule has 154 valence electrons. The third-order valence-corrected chi connectivity index (χ3v) is 4.95. The van der Waals surface area contributed by atoms with Gasteiger partial charge in [-0.3, -0.25) is 4.79 Å². The molecule has 0 bridgehead atoms. The lowest BCUT2D eigenvalue weighted by Gasteiger charge is -2.18. The minimum atomic E-state index is -0.413. The third-order valence-electron chi connectivity index (χ3n) is 4.95. The maximum absolute atomic E-state index is 12.3. The summed E-state index contributed by atoms with van der Waals surface area (Å²) in [5.41, 5.74) is 2.81. The van der Waals surface area contributed by atoms with Crippen LogP contribution in [0.4, 0.5) is 0 Å². The van der Waals surface area contributed by atoms with E-state index in [1.54, 1.807) is 0 Å². The molecule has 0 saturated carbocycles. The Hall–Kier alpha value is -2.82. The van der Waals surface area contributed by atoms with Gasteiger partial charge in [-0.2, -0.15) is 0 Å². The van der Waals surface area contributed by atoms with Gasteiger partial charge in [0.25, 0.3) is 0 Å². The molecule has 0 aliphatic rings. The molecular weight excluding hydrogens is 362 g/mol. The number of aryl methyl sites for hydroxylation is 2. The molecule has 3 aromatic rings. The lowest BCUT2D eigenvalue weighted by molar-refractivity contribution is -0.128. The van der Waals surface area contributed by atoms with Crippen molar-refractivity contribution in [3.63, 3.8) is 0 Å². The van der Waals surface area contributed by atoms with E-state index in [0.717, 1.165) is 47.6 Å². The molecule has 3 rings (SSSR count). The summed E-state index contributed by atoms with van der Waals surface area (Å²) in [6, 6.07) is 16.2. The maximum atomic E-state index is 12.3. The molecule has 1 N–H and O–H groups in total. The second-order valence-electron chi connectivity index (χ2n) is 8.42. The fourth-order valence-electron chi connectivity index (χ4n) is 3.21. The van der Waals surface area contributed by atoms with Crippen molar-refractivity contribution in [1.29, 1.82) is 0 Å². The average Bonchev–Trinajstić information content (AvgIpc) is 3.04. The highest BCUT2D eigenvalue weighted by atomic mass is 16.5. The van der Waals surface area contributed by atoms with Crippen LogP contribution in [0.25, 0.3) is 11.0 Å². The van der Waals surface area contributed by atoms with Crippen LogP contribution in [0.2, 0.25) is 0 Å². The molecule has 0 saturated heterocycles. The van der Waals surface area contributed by atoms with Crippen LogP contribution in [0.1, 0.15) is 45.0 Å². The molecule has 5 nitrogen and oxygen atoms in total. The Balaban J connectivity index is 1.61. The fourth-order valence-corrected chi connectivity index (χ4v) is 3.21. The van der Waals surface area contributed by atoms with Crippen LogP contribution in [0.15, 0.2) is 48.5 Å². The van der Waals surface area contributed by atoms with Crippen LogP contribution in [-0.4, -0.2) is 22.1 Å². The van der Waals surface area contributed by atoms with Gasteiger partial charge in [-0.05, 0) is 43.5 Å². The number of imidazole rings is 1. The van der Waals surface area contributed by atoms with Crippen molar-refractivity contribution in [3.05, 3.63) is 59.9 Å². The van der Waals surface area contributed by atoms with E-state index in [9.17, 15) is 4.79 Å². The summed E-state index contributed by atoms with van der Waals surface area (Å²) in [5.74, 6) is 1.87. The van der Waals surface area contributed by atoms with E-state index in [1.807, 2.05) is 57.2 Å². The molecule has 29 heavy (non-hydrogen) atoms. The van der Waals surface area contributed by atoms with E-state index in [2.05, 4.69) is 28.9 Å². The van der Waals surface area contributed by atoms with Crippen LogP contribution in [0.5, 0.6) is 5.75 Å². The first kappa shape index (κ1) is 20.9. The Morgan fingerprint density at radius 1 is 1.07 bits per heavy atom. The van der Waals surface area contributed by atoms with Crippen LogP contribution < -0.4 is 10.1 Å². The van der Waals surface area contributed by atoms with E-state index in [4.69, 9.17) is 9.72 Å². The predicted octanol–water partition coefficient (Wildman–Crippen LogP) is 4.87. The number of ether oxygens (including phenoxy) is 1. The van der Waals surface area contributed by atoms with Crippen LogP contribution in [0.3, 0.4) is 0 Å². The number of unbranched alkanes of at least 4 members (excludes halogenated alkanes) is 1. The lowest BCUT2D eigenvalue weighted by atomic mass is 9.96. The number of nitrogens with one attached hydrogen (secondary N) is 1. The molecule has 0 fully saturated rings. The highest BCUT2D eigenvalue weighted by molar-refractivity contribution is 5.81. The summed E-state index contributed by atoms with van der Waals surface area (Å²) >= 11 is 0. The average molecular weight is 394 g/mol. The van der Waals surface area contributed by atoms with Crippen molar-refractivity contribution in [1.82, 2.24) is 14.9 Å². The van der Waals surface area contributed by atoms with Gasteiger partial charge in [-0.15, -0.1) is 0 Å². The number of amides is 1.